The van der Waals surface area contributed by atoms with Crippen molar-refractivity contribution in [1.29, 1.82) is 0 Å². The molecule has 0 saturated carbocycles. The normalized spacial score (nSPS) is 22.8. The van der Waals surface area contributed by atoms with Gasteiger partial charge in [-0.05, 0) is 31.9 Å². The lowest BCUT2D eigenvalue weighted by atomic mass is 10.1. The maximum Gasteiger partial charge on any atom is 0.0243 e. The van der Waals surface area contributed by atoms with E-state index in [1.165, 1.54) is 11.1 Å². The summed E-state index contributed by atoms with van der Waals surface area (Å²) in [4.78, 5) is 2.43. The van der Waals surface area contributed by atoms with Crippen molar-refractivity contribution in [2.24, 2.45) is 0 Å². The van der Waals surface area contributed by atoms with Crippen LogP contribution in [0.1, 0.15) is 20.8 Å². The van der Waals surface area contributed by atoms with Gasteiger partial charge in [0.1, 0.15) is 0 Å². The molecule has 1 rings (SSSR count). The Morgan fingerprint density at radius 3 is 2.54 bits per heavy atom. The van der Waals surface area contributed by atoms with E-state index in [0.717, 1.165) is 13.1 Å². The van der Waals surface area contributed by atoms with Gasteiger partial charge in [0.05, 0.1) is 0 Å². The minimum absolute atomic E-state index is 0.619. The average Bonchev–Trinajstić information content (AvgIpc) is 2.44. The quantitative estimate of drug-likeness (QED) is 0.627. The molecule has 13 heavy (non-hydrogen) atoms. The van der Waals surface area contributed by atoms with Crippen LogP contribution in [-0.4, -0.2) is 24.0 Å². The molecule has 1 heterocycles. The van der Waals surface area contributed by atoms with Gasteiger partial charge < -0.3 is 0 Å². The highest BCUT2D eigenvalue weighted by molar-refractivity contribution is 5.38. The van der Waals surface area contributed by atoms with Crippen LogP contribution in [-0.2, 0) is 0 Å². The van der Waals surface area contributed by atoms with Crippen LogP contribution in [0, 0.1) is 0 Å². The Hall–Kier alpha value is -0.820. The third-order valence-electron chi connectivity index (χ3n) is 2.44. The lowest BCUT2D eigenvalue weighted by molar-refractivity contribution is 0.289. The number of nitrogens with zero attached hydrogens (tertiary/aromatic N) is 1. The van der Waals surface area contributed by atoms with Crippen LogP contribution in [0.15, 0.2) is 36.0 Å². The highest BCUT2D eigenvalue weighted by Gasteiger charge is 2.21. The van der Waals surface area contributed by atoms with Gasteiger partial charge >= 0.3 is 0 Å². The second-order valence-corrected chi connectivity index (χ2v) is 3.82. The van der Waals surface area contributed by atoms with E-state index in [1.54, 1.807) is 0 Å². The summed E-state index contributed by atoms with van der Waals surface area (Å²) >= 11 is 0. The smallest absolute Gasteiger partial charge is 0.0243 e. The largest absolute Gasteiger partial charge is 0.292 e. The van der Waals surface area contributed by atoms with Gasteiger partial charge in [-0.15, -0.1) is 0 Å². The number of rotatable bonds is 2. The standard InChI is InChI=1S/C12H19N/c1-5-6-7-12-9-13(10(2)3)8-11(12)4/h5-7,10H,4,8-9H2,1-3H3/b6-5-,12-7-. The van der Waals surface area contributed by atoms with Crippen molar-refractivity contribution in [2.45, 2.75) is 26.8 Å². The van der Waals surface area contributed by atoms with Gasteiger partial charge in [-0.25, -0.2) is 0 Å². The molecule has 0 aliphatic carbocycles. The number of hydrogen-bond acceptors (Lipinski definition) is 1. The van der Waals surface area contributed by atoms with Gasteiger partial charge in [-0.3, -0.25) is 4.90 Å². The van der Waals surface area contributed by atoms with Crippen molar-refractivity contribution in [3.05, 3.63) is 36.0 Å². The van der Waals surface area contributed by atoms with Gasteiger partial charge in [-0.1, -0.05) is 24.8 Å². The van der Waals surface area contributed by atoms with Crippen molar-refractivity contribution in [3.8, 4) is 0 Å². The molecule has 1 aliphatic rings. The molecule has 0 N–H and O–H groups in total. The SMILES string of the molecule is C=C1CN(C(C)C)C/C1=C/C=C\C. The molecule has 72 valence electrons. The van der Waals surface area contributed by atoms with Crippen molar-refractivity contribution in [1.82, 2.24) is 4.90 Å². The minimum Gasteiger partial charge on any atom is -0.292 e. The third-order valence-corrected chi connectivity index (χ3v) is 2.44. The monoisotopic (exact) mass is 177 g/mol. The van der Waals surface area contributed by atoms with Crippen LogP contribution in [0.2, 0.25) is 0 Å². The van der Waals surface area contributed by atoms with Gasteiger partial charge in [0, 0.05) is 19.1 Å². The first-order valence-electron chi connectivity index (χ1n) is 4.89. The van der Waals surface area contributed by atoms with Crippen LogP contribution >= 0.6 is 0 Å². The second kappa shape index (κ2) is 4.43. The lowest BCUT2D eigenvalue weighted by Gasteiger charge is -2.18. The highest BCUT2D eigenvalue weighted by Crippen LogP contribution is 2.21. The van der Waals surface area contributed by atoms with Crippen molar-refractivity contribution < 1.29 is 0 Å². The van der Waals surface area contributed by atoms with E-state index in [-0.39, 0.29) is 0 Å². The Bertz CT molecular complexity index is 246. The molecule has 1 aliphatic heterocycles. The number of likely N-dealkylation sites (tertiary alicyclic amines) is 1. The predicted molar refractivity (Wildman–Crippen MR) is 58.7 cm³/mol. The summed E-state index contributed by atoms with van der Waals surface area (Å²) in [5, 5.41) is 0. The molecule has 1 heteroatoms. The first-order chi connectivity index (χ1) is 6.15. The number of hydrogen-bond donors (Lipinski definition) is 0. The molecule has 0 atom stereocenters. The molecule has 0 radical (unpaired) electrons. The summed E-state index contributed by atoms with van der Waals surface area (Å²) in [6.07, 6.45) is 6.31. The Kier molecular flexibility index (Phi) is 3.49. The topological polar surface area (TPSA) is 3.24 Å². The van der Waals surface area contributed by atoms with Crippen LogP contribution in [0.4, 0.5) is 0 Å². The highest BCUT2D eigenvalue weighted by atomic mass is 15.2. The van der Waals surface area contributed by atoms with E-state index in [4.69, 9.17) is 0 Å². The van der Waals surface area contributed by atoms with Crippen LogP contribution < -0.4 is 0 Å². The van der Waals surface area contributed by atoms with Gasteiger partial charge in [-0.2, -0.15) is 0 Å². The first kappa shape index (κ1) is 10.3. The maximum atomic E-state index is 4.08. The molecule has 0 bridgehead atoms. The molecule has 0 spiro atoms. The zero-order valence-corrected chi connectivity index (χ0v) is 8.88. The van der Waals surface area contributed by atoms with Crippen molar-refractivity contribution in [2.75, 3.05) is 13.1 Å². The zero-order chi connectivity index (χ0) is 9.84. The summed E-state index contributed by atoms with van der Waals surface area (Å²) in [6, 6.07) is 0.619. The van der Waals surface area contributed by atoms with Gasteiger partial charge in [0.15, 0.2) is 0 Å². The first-order valence-corrected chi connectivity index (χ1v) is 4.89. The fraction of sp³-hybridized carbons (Fsp3) is 0.500. The van der Waals surface area contributed by atoms with E-state index in [0.29, 0.717) is 6.04 Å². The van der Waals surface area contributed by atoms with Crippen molar-refractivity contribution >= 4 is 0 Å². The molecular weight excluding hydrogens is 158 g/mol. The molecule has 0 aromatic rings. The van der Waals surface area contributed by atoms with Crippen LogP contribution in [0.25, 0.3) is 0 Å². The molecule has 1 nitrogen and oxygen atoms in total. The van der Waals surface area contributed by atoms with E-state index < -0.39 is 0 Å². The van der Waals surface area contributed by atoms with Crippen LogP contribution in [0.3, 0.4) is 0 Å². The fourth-order valence-corrected chi connectivity index (χ4v) is 1.48. The van der Waals surface area contributed by atoms with E-state index in [2.05, 4.69) is 43.6 Å². The Balaban J connectivity index is 2.66. The Morgan fingerprint density at radius 1 is 1.38 bits per heavy atom. The Morgan fingerprint density at radius 2 is 2.08 bits per heavy atom. The lowest BCUT2D eigenvalue weighted by Crippen LogP contribution is -2.27. The molecule has 1 fully saturated rings. The molecule has 0 unspecified atom stereocenters. The molecular formula is C12H19N. The van der Waals surface area contributed by atoms with E-state index in [9.17, 15) is 0 Å². The summed E-state index contributed by atoms with van der Waals surface area (Å²) in [7, 11) is 0. The Labute approximate surface area is 81.4 Å². The predicted octanol–water partition coefficient (Wildman–Crippen LogP) is 2.77. The third kappa shape index (κ3) is 2.56. The summed E-state index contributed by atoms with van der Waals surface area (Å²) in [5.41, 5.74) is 2.65. The summed E-state index contributed by atoms with van der Waals surface area (Å²) in [6.45, 7) is 12.7. The second-order valence-electron chi connectivity index (χ2n) is 3.82. The van der Waals surface area contributed by atoms with Gasteiger partial charge in [0.2, 0.25) is 0 Å². The zero-order valence-electron chi connectivity index (χ0n) is 8.88. The molecule has 0 aromatic heterocycles. The summed E-state index contributed by atoms with van der Waals surface area (Å²) < 4.78 is 0. The van der Waals surface area contributed by atoms with E-state index >= 15 is 0 Å². The molecule has 1 saturated heterocycles. The molecule has 0 aromatic carbocycles. The minimum atomic E-state index is 0.619. The van der Waals surface area contributed by atoms with Gasteiger partial charge in [0.25, 0.3) is 0 Å². The average molecular weight is 177 g/mol. The fourth-order valence-electron chi connectivity index (χ4n) is 1.48. The molecule has 0 amide bonds. The number of allylic oxidation sites excluding steroid dienone is 3. The maximum absolute atomic E-state index is 4.08. The van der Waals surface area contributed by atoms with Crippen LogP contribution in [0.5, 0.6) is 0 Å². The van der Waals surface area contributed by atoms with Crippen molar-refractivity contribution in [3.63, 3.8) is 0 Å². The summed E-state index contributed by atoms with van der Waals surface area (Å²) in [5.74, 6) is 0. The van der Waals surface area contributed by atoms with E-state index in [1.807, 2.05) is 6.92 Å².